The maximum Gasteiger partial charge on any atom is 0.337 e. The molecule has 3 nitrogen and oxygen atoms in total. The van der Waals surface area contributed by atoms with Crippen LogP contribution in [-0.4, -0.2) is 11.1 Å². The van der Waals surface area contributed by atoms with Crippen molar-refractivity contribution in [1.29, 1.82) is 0 Å². The third kappa shape index (κ3) is 2.96. The van der Waals surface area contributed by atoms with Crippen LogP contribution in [0.1, 0.15) is 21.5 Å². The standard InChI is InChI=1S/C15H14BrNO2/c1-9-4-3-5-13(10(9)2)17-14-7-6-11(16)8-12(14)15(18)19/h3-8,17H,1-2H3,(H,18,19). The predicted octanol–water partition coefficient (Wildman–Crippen LogP) is 4.51. The lowest BCUT2D eigenvalue weighted by Gasteiger charge is -2.13. The van der Waals surface area contributed by atoms with Crippen LogP contribution in [0.2, 0.25) is 0 Å². The molecular formula is C15H14BrNO2. The van der Waals surface area contributed by atoms with Crippen LogP contribution < -0.4 is 5.32 Å². The van der Waals surface area contributed by atoms with Crippen molar-refractivity contribution in [2.45, 2.75) is 13.8 Å². The number of benzene rings is 2. The molecule has 0 heterocycles. The molecule has 0 radical (unpaired) electrons. The van der Waals surface area contributed by atoms with Crippen LogP contribution >= 0.6 is 15.9 Å². The first-order valence-electron chi connectivity index (χ1n) is 5.85. The first kappa shape index (κ1) is 13.6. The van der Waals surface area contributed by atoms with Gasteiger partial charge in [-0.25, -0.2) is 4.79 Å². The molecule has 0 atom stereocenters. The first-order chi connectivity index (χ1) is 8.99. The molecule has 2 aromatic rings. The van der Waals surface area contributed by atoms with Crippen LogP contribution in [0.3, 0.4) is 0 Å². The Morgan fingerprint density at radius 1 is 1.16 bits per heavy atom. The molecule has 2 aromatic carbocycles. The molecule has 0 aliphatic rings. The molecule has 19 heavy (non-hydrogen) atoms. The number of halogens is 1. The van der Waals surface area contributed by atoms with Crippen LogP contribution in [0.15, 0.2) is 40.9 Å². The van der Waals surface area contributed by atoms with Gasteiger partial charge >= 0.3 is 5.97 Å². The van der Waals surface area contributed by atoms with Gasteiger partial charge in [0, 0.05) is 10.2 Å². The number of hydrogen-bond acceptors (Lipinski definition) is 2. The normalized spacial score (nSPS) is 10.3. The van der Waals surface area contributed by atoms with Gasteiger partial charge in [-0.3, -0.25) is 0 Å². The fourth-order valence-electron chi connectivity index (χ4n) is 1.83. The lowest BCUT2D eigenvalue weighted by Crippen LogP contribution is -2.03. The second-order valence-corrected chi connectivity index (χ2v) is 5.28. The Kier molecular flexibility index (Phi) is 3.90. The van der Waals surface area contributed by atoms with Crippen LogP contribution in [0.5, 0.6) is 0 Å². The fraction of sp³-hybridized carbons (Fsp3) is 0.133. The second kappa shape index (κ2) is 5.45. The Balaban J connectivity index is 2.44. The van der Waals surface area contributed by atoms with Gasteiger partial charge in [0.2, 0.25) is 0 Å². The van der Waals surface area contributed by atoms with Gasteiger partial charge in [0.15, 0.2) is 0 Å². The van der Waals surface area contributed by atoms with Crippen molar-refractivity contribution in [3.8, 4) is 0 Å². The number of aryl methyl sites for hydroxylation is 1. The summed E-state index contributed by atoms with van der Waals surface area (Å²) in [5.41, 5.74) is 4.03. The van der Waals surface area contributed by atoms with Crippen molar-refractivity contribution in [1.82, 2.24) is 0 Å². The smallest absolute Gasteiger partial charge is 0.337 e. The Bertz CT molecular complexity index is 638. The van der Waals surface area contributed by atoms with Crippen molar-refractivity contribution in [3.63, 3.8) is 0 Å². The first-order valence-corrected chi connectivity index (χ1v) is 6.64. The summed E-state index contributed by atoms with van der Waals surface area (Å²) < 4.78 is 0.747. The Hall–Kier alpha value is -1.81. The molecule has 0 unspecified atom stereocenters. The number of carbonyl (C=O) groups is 1. The van der Waals surface area contributed by atoms with E-state index in [1.54, 1.807) is 12.1 Å². The van der Waals surface area contributed by atoms with E-state index < -0.39 is 5.97 Å². The molecular weight excluding hydrogens is 306 g/mol. The van der Waals surface area contributed by atoms with Gasteiger partial charge in [-0.2, -0.15) is 0 Å². The highest BCUT2D eigenvalue weighted by atomic mass is 79.9. The zero-order valence-electron chi connectivity index (χ0n) is 10.7. The molecule has 0 saturated carbocycles. The zero-order chi connectivity index (χ0) is 14.0. The van der Waals surface area contributed by atoms with E-state index in [0.29, 0.717) is 5.69 Å². The Morgan fingerprint density at radius 3 is 2.58 bits per heavy atom. The molecule has 0 amide bonds. The molecule has 4 heteroatoms. The summed E-state index contributed by atoms with van der Waals surface area (Å²) in [5.74, 6) is -0.950. The molecule has 0 bridgehead atoms. The molecule has 0 saturated heterocycles. The summed E-state index contributed by atoms with van der Waals surface area (Å²) in [6.45, 7) is 4.04. The van der Waals surface area contributed by atoms with E-state index in [2.05, 4.69) is 21.2 Å². The Labute approximate surface area is 120 Å². The van der Waals surface area contributed by atoms with Gasteiger partial charge in [-0.05, 0) is 49.2 Å². The number of hydrogen-bond donors (Lipinski definition) is 2. The molecule has 0 fully saturated rings. The van der Waals surface area contributed by atoms with Gasteiger partial charge in [0.1, 0.15) is 0 Å². The largest absolute Gasteiger partial charge is 0.478 e. The van der Waals surface area contributed by atoms with Crippen LogP contribution in [0, 0.1) is 13.8 Å². The van der Waals surface area contributed by atoms with Crippen molar-refractivity contribution in [2.75, 3.05) is 5.32 Å². The number of rotatable bonds is 3. The minimum absolute atomic E-state index is 0.246. The summed E-state index contributed by atoms with van der Waals surface area (Å²) in [5, 5.41) is 12.4. The summed E-state index contributed by atoms with van der Waals surface area (Å²) >= 11 is 3.29. The van der Waals surface area contributed by atoms with Gasteiger partial charge in [-0.15, -0.1) is 0 Å². The second-order valence-electron chi connectivity index (χ2n) is 4.37. The van der Waals surface area contributed by atoms with Gasteiger partial charge < -0.3 is 10.4 Å². The lowest BCUT2D eigenvalue weighted by atomic mass is 10.1. The average molecular weight is 320 g/mol. The summed E-state index contributed by atoms with van der Waals surface area (Å²) in [6, 6.07) is 11.1. The number of carboxylic acid groups (broad SMARTS) is 1. The fourth-order valence-corrected chi connectivity index (χ4v) is 2.20. The van der Waals surface area contributed by atoms with Crippen molar-refractivity contribution in [2.24, 2.45) is 0 Å². The van der Waals surface area contributed by atoms with E-state index >= 15 is 0 Å². The average Bonchev–Trinajstić information content (AvgIpc) is 2.36. The monoisotopic (exact) mass is 319 g/mol. The van der Waals surface area contributed by atoms with E-state index in [-0.39, 0.29) is 5.56 Å². The molecule has 0 spiro atoms. The number of aromatic carboxylic acids is 1. The molecule has 2 rings (SSSR count). The maximum atomic E-state index is 11.3. The third-order valence-electron chi connectivity index (χ3n) is 3.09. The summed E-state index contributed by atoms with van der Waals surface area (Å²) in [6.07, 6.45) is 0. The summed E-state index contributed by atoms with van der Waals surface area (Å²) in [7, 11) is 0. The van der Waals surface area contributed by atoms with E-state index in [1.165, 1.54) is 5.56 Å². The van der Waals surface area contributed by atoms with Gasteiger partial charge in [0.25, 0.3) is 0 Å². The molecule has 2 N–H and O–H groups in total. The quantitative estimate of drug-likeness (QED) is 0.875. The third-order valence-corrected chi connectivity index (χ3v) is 3.58. The molecule has 0 aliphatic heterocycles. The van der Waals surface area contributed by atoms with E-state index in [0.717, 1.165) is 15.7 Å². The van der Waals surface area contributed by atoms with Crippen LogP contribution in [0.25, 0.3) is 0 Å². The summed E-state index contributed by atoms with van der Waals surface area (Å²) in [4.78, 5) is 11.3. The van der Waals surface area contributed by atoms with Gasteiger partial charge in [-0.1, -0.05) is 28.1 Å². The van der Waals surface area contributed by atoms with E-state index in [4.69, 9.17) is 0 Å². The topological polar surface area (TPSA) is 49.3 Å². The van der Waals surface area contributed by atoms with E-state index in [9.17, 15) is 9.90 Å². The Morgan fingerprint density at radius 2 is 1.89 bits per heavy atom. The predicted molar refractivity (Wildman–Crippen MR) is 80.3 cm³/mol. The number of nitrogens with one attached hydrogen (secondary N) is 1. The minimum Gasteiger partial charge on any atom is -0.478 e. The van der Waals surface area contributed by atoms with Crippen LogP contribution in [0.4, 0.5) is 11.4 Å². The number of anilines is 2. The SMILES string of the molecule is Cc1cccc(Nc2ccc(Br)cc2C(=O)O)c1C. The maximum absolute atomic E-state index is 11.3. The molecule has 0 aliphatic carbocycles. The molecule has 98 valence electrons. The highest BCUT2D eigenvalue weighted by Gasteiger charge is 2.11. The number of carboxylic acids is 1. The van der Waals surface area contributed by atoms with Crippen molar-refractivity contribution < 1.29 is 9.90 Å². The molecule has 0 aromatic heterocycles. The highest BCUT2D eigenvalue weighted by Crippen LogP contribution is 2.27. The zero-order valence-corrected chi connectivity index (χ0v) is 12.3. The minimum atomic E-state index is -0.950. The van der Waals surface area contributed by atoms with Gasteiger partial charge in [0.05, 0.1) is 11.3 Å². The highest BCUT2D eigenvalue weighted by molar-refractivity contribution is 9.10. The van der Waals surface area contributed by atoms with Crippen molar-refractivity contribution in [3.05, 3.63) is 57.6 Å². The lowest BCUT2D eigenvalue weighted by molar-refractivity contribution is 0.0698. The van der Waals surface area contributed by atoms with Crippen LogP contribution in [-0.2, 0) is 0 Å². The van der Waals surface area contributed by atoms with Crippen molar-refractivity contribution >= 4 is 33.3 Å². The van der Waals surface area contributed by atoms with E-state index in [1.807, 2.05) is 38.1 Å².